The molecular weight excluding hydrogens is 303 g/mol. The van der Waals surface area contributed by atoms with E-state index in [1.165, 1.54) is 17.3 Å². The molecule has 0 radical (unpaired) electrons. The molecule has 0 aromatic carbocycles. The molecule has 1 aromatic rings. The number of hydrogen-bond acceptors (Lipinski definition) is 5. The van der Waals surface area contributed by atoms with Crippen molar-refractivity contribution in [2.24, 2.45) is 0 Å². The Bertz CT molecular complexity index is 524. The maximum absolute atomic E-state index is 11.7. The topological polar surface area (TPSA) is 75.0 Å². The first kappa shape index (κ1) is 12.5. The molecule has 2 rings (SSSR count). The quantitative estimate of drug-likeness (QED) is 0.611. The van der Waals surface area contributed by atoms with Crippen molar-refractivity contribution in [3.8, 4) is 0 Å². The fraction of sp³-hybridized carbons (Fsp3) is 0.400. The van der Waals surface area contributed by atoms with Crippen LogP contribution in [0.5, 0.6) is 0 Å². The van der Waals surface area contributed by atoms with Crippen LogP contribution in [0, 0.1) is 0 Å². The first-order chi connectivity index (χ1) is 7.99. The molecule has 1 aliphatic rings. The first-order valence-corrected chi connectivity index (χ1v) is 7.10. The Morgan fingerprint density at radius 1 is 1.71 bits per heavy atom. The second-order valence-electron chi connectivity index (χ2n) is 3.98. The Labute approximate surface area is 112 Å². The summed E-state index contributed by atoms with van der Waals surface area (Å²) < 4.78 is 0.142. The number of hydrogen-bond donors (Lipinski definition) is 2. The normalized spacial score (nSPS) is 18.1. The summed E-state index contributed by atoms with van der Waals surface area (Å²) in [4.78, 5) is 21.1. The molecule has 1 aromatic heterocycles. The number of fused-ring (bicyclic) bond motifs is 1. The average molecular weight is 317 g/mol. The molecule has 1 unspecified atom stereocenters. The van der Waals surface area contributed by atoms with Crippen molar-refractivity contribution >= 4 is 39.5 Å². The van der Waals surface area contributed by atoms with Crippen LogP contribution in [0.15, 0.2) is 21.3 Å². The van der Waals surface area contributed by atoms with Gasteiger partial charge in [-0.05, 0) is 0 Å². The van der Waals surface area contributed by atoms with Crippen LogP contribution in [0.2, 0.25) is 0 Å². The van der Waals surface area contributed by atoms with Gasteiger partial charge in [0.15, 0.2) is 0 Å². The molecule has 0 saturated heterocycles. The molecule has 1 atom stereocenters. The van der Waals surface area contributed by atoms with E-state index in [2.05, 4.69) is 37.0 Å². The number of nitrogens with one attached hydrogen (secondary N) is 1. The number of rotatable bonds is 2. The number of thioether (sulfide) groups is 1. The third-order valence-electron chi connectivity index (χ3n) is 2.34. The summed E-state index contributed by atoms with van der Waals surface area (Å²) in [6.45, 7) is 4.82. The Morgan fingerprint density at radius 2 is 2.41 bits per heavy atom. The Balaban J connectivity index is 2.39. The molecule has 2 heterocycles. The summed E-state index contributed by atoms with van der Waals surface area (Å²) in [5, 5.41) is 0. The van der Waals surface area contributed by atoms with Crippen molar-refractivity contribution in [1.82, 2.24) is 9.97 Å². The van der Waals surface area contributed by atoms with Gasteiger partial charge in [0.05, 0.1) is 0 Å². The van der Waals surface area contributed by atoms with Crippen LogP contribution in [-0.4, -0.2) is 36.8 Å². The van der Waals surface area contributed by atoms with Crippen LogP contribution in [0.25, 0.3) is 0 Å². The first-order valence-electron chi connectivity index (χ1n) is 5.13. The van der Waals surface area contributed by atoms with Crippen LogP contribution in [0.3, 0.4) is 0 Å². The zero-order valence-corrected chi connectivity index (χ0v) is 12.3. The Morgan fingerprint density at radius 3 is 3.06 bits per heavy atom. The summed E-state index contributed by atoms with van der Waals surface area (Å²) in [5.41, 5.74) is 6.65. The predicted molar refractivity (Wildman–Crippen MR) is 72.8 cm³/mol. The number of allylic oxidation sites excluding steroid dienone is 1. The molecule has 0 bridgehead atoms. The summed E-state index contributed by atoms with van der Waals surface area (Å²) in [5.74, 6) is 0.845. The minimum atomic E-state index is -0.159. The molecule has 0 aliphatic carbocycles. The van der Waals surface area contributed by atoms with Gasteiger partial charge in [0.2, 0.25) is 0 Å². The SMILES string of the molecule is CC(C)=CCN1c2nc(N)[nH]c(=O)c2SC1[SeH]. The molecule has 3 N–H and O–H groups in total. The summed E-state index contributed by atoms with van der Waals surface area (Å²) in [6, 6.07) is 0. The van der Waals surface area contributed by atoms with Gasteiger partial charge in [0.1, 0.15) is 0 Å². The Kier molecular flexibility index (Phi) is 3.51. The van der Waals surface area contributed by atoms with Crippen LogP contribution in [0.1, 0.15) is 13.8 Å². The maximum atomic E-state index is 11.7. The van der Waals surface area contributed by atoms with Crippen molar-refractivity contribution in [1.29, 1.82) is 0 Å². The fourth-order valence-electron chi connectivity index (χ4n) is 1.50. The van der Waals surface area contributed by atoms with Gasteiger partial charge in [-0.1, -0.05) is 0 Å². The number of H-pyrrole nitrogens is 1. The van der Waals surface area contributed by atoms with Gasteiger partial charge >= 0.3 is 112 Å². The summed E-state index contributed by atoms with van der Waals surface area (Å²) in [6.07, 6.45) is 2.11. The van der Waals surface area contributed by atoms with Gasteiger partial charge < -0.3 is 0 Å². The molecule has 17 heavy (non-hydrogen) atoms. The number of aromatic nitrogens is 2. The number of aromatic amines is 1. The third kappa shape index (κ3) is 2.51. The van der Waals surface area contributed by atoms with Crippen LogP contribution in [-0.2, 0) is 0 Å². The molecule has 0 saturated carbocycles. The minimum absolute atomic E-state index is 0.142. The molecule has 5 nitrogen and oxygen atoms in total. The zero-order valence-electron chi connectivity index (χ0n) is 9.60. The van der Waals surface area contributed by atoms with Gasteiger partial charge in [0, 0.05) is 0 Å². The number of nitrogen functional groups attached to an aromatic ring is 1. The van der Waals surface area contributed by atoms with E-state index in [9.17, 15) is 4.79 Å². The monoisotopic (exact) mass is 318 g/mol. The van der Waals surface area contributed by atoms with Gasteiger partial charge in [0.25, 0.3) is 0 Å². The van der Waals surface area contributed by atoms with Gasteiger partial charge in [-0.15, -0.1) is 0 Å². The number of nitrogens with zero attached hydrogens (tertiary/aromatic N) is 2. The van der Waals surface area contributed by atoms with Crippen LogP contribution in [0.4, 0.5) is 11.8 Å². The second-order valence-corrected chi connectivity index (χ2v) is 6.86. The summed E-state index contributed by atoms with van der Waals surface area (Å²) in [7, 11) is 0. The molecule has 0 spiro atoms. The molecule has 92 valence electrons. The standard InChI is InChI=1S/C10H14N4OSSe/c1-5(2)3-4-14-7-6(16-10(14)17)8(15)13-9(11)12-7/h3,10,17H,4H2,1-2H3,(H3,11,12,13,15). The van der Waals surface area contributed by atoms with Crippen molar-refractivity contribution < 1.29 is 0 Å². The zero-order chi connectivity index (χ0) is 12.6. The van der Waals surface area contributed by atoms with E-state index in [0.29, 0.717) is 10.7 Å². The van der Waals surface area contributed by atoms with E-state index in [-0.39, 0.29) is 15.8 Å². The van der Waals surface area contributed by atoms with E-state index in [1.54, 1.807) is 0 Å². The van der Waals surface area contributed by atoms with Gasteiger partial charge in [-0.3, -0.25) is 0 Å². The molecule has 0 amide bonds. The van der Waals surface area contributed by atoms with Crippen molar-refractivity contribution in [2.45, 2.75) is 23.0 Å². The predicted octanol–water partition coefficient (Wildman–Crippen LogP) is 0.415. The van der Waals surface area contributed by atoms with E-state index in [0.717, 1.165) is 6.54 Å². The van der Waals surface area contributed by atoms with E-state index < -0.39 is 0 Å². The van der Waals surface area contributed by atoms with Gasteiger partial charge in [-0.2, -0.15) is 0 Å². The molecule has 7 heteroatoms. The second kappa shape index (κ2) is 4.76. The number of nitrogens with two attached hydrogens (primary N) is 1. The van der Waals surface area contributed by atoms with Crippen LogP contribution < -0.4 is 16.2 Å². The van der Waals surface area contributed by atoms with Crippen LogP contribution >= 0.6 is 11.8 Å². The third-order valence-corrected chi connectivity index (χ3v) is 4.65. The van der Waals surface area contributed by atoms with Crippen molar-refractivity contribution in [3.05, 3.63) is 22.0 Å². The van der Waals surface area contributed by atoms with Crippen molar-refractivity contribution in [3.63, 3.8) is 0 Å². The van der Waals surface area contributed by atoms with E-state index >= 15 is 0 Å². The molecule has 1 aliphatic heterocycles. The van der Waals surface area contributed by atoms with E-state index in [4.69, 9.17) is 5.73 Å². The Hall–Kier alpha value is -0.911. The average Bonchev–Trinajstić information content (AvgIpc) is 2.52. The molecular formula is C10H14N4OSSe. The fourth-order valence-corrected chi connectivity index (χ4v) is 3.54. The van der Waals surface area contributed by atoms with Crippen molar-refractivity contribution in [2.75, 3.05) is 17.2 Å². The van der Waals surface area contributed by atoms with E-state index in [1.807, 2.05) is 13.8 Å². The number of anilines is 2. The summed E-state index contributed by atoms with van der Waals surface area (Å²) >= 11 is 4.04. The van der Waals surface area contributed by atoms with Gasteiger partial charge in [-0.25, -0.2) is 0 Å². The molecule has 0 fully saturated rings.